The van der Waals surface area contributed by atoms with Crippen LogP contribution in [0.5, 0.6) is 0 Å². The normalized spacial score (nSPS) is 15.3. The summed E-state index contributed by atoms with van der Waals surface area (Å²) in [4.78, 5) is 16.5. The van der Waals surface area contributed by atoms with Crippen molar-refractivity contribution >= 4 is 45.6 Å². The molecule has 0 spiro atoms. The maximum atomic E-state index is 12.1. The lowest BCUT2D eigenvalue weighted by molar-refractivity contribution is -0.119. The molecular weight excluding hydrogens is 327 g/mol. The van der Waals surface area contributed by atoms with Crippen LogP contribution in [0, 0.1) is 5.92 Å². The molecule has 21 heavy (non-hydrogen) atoms. The maximum Gasteiger partial charge on any atom is 0.229 e. The molecule has 3 nitrogen and oxygen atoms in total. The Labute approximate surface area is 137 Å². The second-order valence-electron chi connectivity index (χ2n) is 5.14. The lowest BCUT2D eigenvalue weighted by atomic mass is 10.1. The predicted octanol–water partition coefficient (Wildman–Crippen LogP) is 5.25. The molecular formula is C15H14Cl2N2OS. The molecule has 0 atom stereocenters. The van der Waals surface area contributed by atoms with Crippen molar-refractivity contribution in [1.82, 2.24) is 4.98 Å². The highest BCUT2D eigenvalue weighted by Crippen LogP contribution is 2.31. The minimum absolute atomic E-state index is 0.0857. The first kappa shape index (κ1) is 14.8. The van der Waals surface area contributed by atoms with Gasteiger partial charge >= 0.3 is 0 Å². The van der Waals surface area contributed by atoms with Gasteiger partial charge in [0, 0.05) is 16.9 Å². The minimum atomic E-state index is 0.0857. The summed E-state index contributed by atoms with van der Waals surface area (Å²) in [6, 6.07) is 5.39. The van der Waals surface area contributed by atoms with E-state index in [1.807, 2.05) is 11.4 Å². The highest BCUT2D eigenvalue weighted by molar-refractivity contribution is 7.14. The summed E-state index contributed by atoms with van der Waals surface area (Å²) >= 11 is 13.3. The van der Waals surface area contributed by atoms with Crippen LogP contribution in [0.15, 0.2) is 23.6 Å². The number of thiazole rings is 1. The first-order valence-corrected chi connectivity index (χ1v) is 8.49. The lowest BCUT2D eigenvalue weighted by Crippen LogP contribution is -2.20. The highest BCUT2D eigenvalue weighted by atomic mass is 35.5. The lowest BCUT2D eigenvalue weighted by Gasteiger charge is -2.07. The van der Waals surface area contributed by atoms with E-state index in [0.717, 1.165) is 36.9 Å². The smallest absolute Gasteiger partial charge is 0.229 e. The zero-order valence-corrected chi connectivity index (χ0v) is 13.6. The van der Waals surface area contributed by atoms with Crippen LogP contribution < -0.4 is 5.32 Å². The molecule has 1 fully saturated rings. The first-order chi connectivity index (χ1) is 10.1. The number of anilines is 1. The van der Waals surface area contributed by atoms with Gasteiger partial charge in [-0.1, -0.05) is 42.1 Å². The van der Waals surface area contributed by atoms with Crippen molar-refractivity contribution in [2.45, 2.75) is 25.7 Å². The summed E-state index contributed by atoms with van der Waals surface area (Å²) in [7, 11) is 0. The van der Waals surface area contributed by atoms with Crippen LogP contribution in [0.25, 0.3) is 11.3 Å². The number of aromatic nitrogens is 1. The Morgan fingerprint density at radius 2 is 2.00 bits per heavy atom. The molecule has 0 unspecified atom stereocenters. The van der Waals surface area contributed by atoms with Crippen molar-refractivity contribution in [3.05, 3.63) is 33.6 Å². The summed E-state index contributed by atoms with van der Waals surface area (Å²) in [6.45, 7) is 0. The number of hydrogen-bond acceptors (Lipinski definition) is 3. The number of amides is 1. The van der Waals surface area contributed by atoms with E-state index in [1.54, 1.807) is 12.1 Å². The number of halogens is 2. The summed E-state index contributed by atoms with van der Waals surface area (Å²) < 4.78 is 0. The van der Waals surface area contributed by atoms with Gasteiger partial charge < -0.3 is 5.32 Å². The topological polar surface area (TPSA) is 42.0 Å². The number of carbonyl (C=O) groups is 1. The van der Waals surface area contributed by atoms with Crippen molar-refractivity contribution in [1.29, 1.82) is 0 Å². The van der Waals surface area contributed by atoms with Gasteiger partial charge in [-0.05, 0) is 25.0 Å². The maximum absolute atomic E-state index is 12.1. The Morgan fingerprint density at radius 3 is 2.71 bits per heavy atom. The third kappa shape index (κ3) is 3.39. The van der Waals surface area contributed by atoms with Gasteiger partial charge in [0.2, 0.25) is 5.91 Å². The summed E-state index contributed by atoms with van der Waals surface area (Å²) in [5.41, 5.74) is 1.68. The quantitative estimate of drug-likeness (QED) is 0.829. The number of nitrogens with zero attached hydrogens (tertiary/aromatic N) is 1. The zero-order chi connectivity index (χ0) is 14.8. The molecule has 1 saturated carbocycles. The van der Waals surface area contributed by atoms with E-state index < -0.39 is 0 Å². The van der Waals surface area contributed by atoms with E-state index in [0.29, 0.717) is 15.2 Å². The Hall–Kier alpha value is -1.10. The van der Waals surface area contributed by atoms with E-state index in [2.05, 4.69) is 10.3 Å². The number of benzene rings is 1. The van der Waals surface area contributed by atoms with Gasteiger partial charge in [0.25, 0.3) is 0 Å². The molecule has 1 aliphatic carbocycles. The van der Waals surface area contributed by atoms with Crippen LogP contribution in [0.1, 0.15) is 25.7 Å². The van der Waals surface area contributed by atoms with Crippen LogP contribution >= 0.6 is 34.5 Å². The molecule has 0 bridgehead atoms. The Balaban J connectivity index is 1.73. The number of nitrogens with one attached hydrogen (secondary N) is 1. The fourth-order valence-corrected chi connectivity index (χ4v) is 3.54. The van der Waals surface area contributed by atoms with Crippen molar-refractivity contribution in [3.63, 3.8) is 0 Å². The van der Waals surface area contributed by atoms with Crippen LogP contribution in [-0.4, -0.2) is 10.9 Å². The van der Waals surface area contributed by atoms with E-state index in [4.69, 9.17) is 23.2 Å². The Kier molecular flexibility index (Phi) is 4.48. The van der Waals surface area contributed by atoms with Crippen LogP contribution in [-0.2, 0) is 4.79 Å². The van der Waals surface area contributed by atoms with E-state index in [-0.39, 0.29) is 11.8 Å². The molecule has 2 aromatic rings. The van der Waals surface area contributed by atoms with Gasteiger partial charge in [0.1, 0.15) is 0 Å². The number of hydrogen-bond donors (Lipinski definition) is 1. The average molecular weight is 341 g/mol. The van der Waals surface area contributed by atoms with Crippen molar-refractivity contribution in [2.75, 3.05) is 5.32 Å². The van der Waals surface area contributed by atoms with Gasteiger partial charge in [0.05, 0.1) is 15.7 Å². The molecule has 1 heterocycles. The standard InChI is InChI=1S/C15H14Cl2N2OS/c16-11-6-5-10(7-12(11)17)13-8-21-15(18-13)19-14(20)9-3-1-2-4-9/h5-9H,1-4H2,(H,18,19,20). The monoisotopic (exact) mass is 340 g/mol. The number of rotatable bonds is 3. The van der Waals surface area contributed by atoms with Crippen molar-refractivity contribution in [3.8, 4) is 11.3 Å². The second-order valence-corrected chi connectivity index (χ2v) is 6.81. The van der Waals surface area contributed by atoms with E-state index >= 15 is 0 Å². The molecule has 1 aromatic heterocycles. The molecule has 1 amide bonds. The Morgan fingerprint density at radius 1 is 1.24 bits per heavy atom. The fraction of sp³-hybridized carbons (Fsp3) is 0.333. The molecule has 0 radical (unpaired) electrons. The van der Waals surface area contributed by atoms with Crippen LogP contribution in [0.2, 0.25) is 10.0 Å². The third-order valence-electron chi connectivity index (χ3n) is 3.68. The summed E-state index contributed by atoms with van der Waals surface area (Å²) in [5.74, 6) is 0.227. The number of carbonyl (C=O) groups excluding carboxylic acids is 1. The van der Waals surface area contributed by atoms with Gasteiger partial charge in [-0.2, -0.15) is 0 Å². The van der Waals surface area contributed by atoms with Gasteiger partial charge in [0.15, 0.2) is 5.13 Å². The second kappa shape index (κ2) is 6.34. The van der Waals surface area contributed by atoms with Gasteiger partial charge in [-0.25, -0.2) is 4.98 Å². The predicted molar refractivity (Wildman–Crippen MR) is 88.2 cm³/mol. The highest BCUT2D eigenvalue weighted by Gasteiger charge is 2.23. The Bertz CT molecular complexity index is 665. The fourth-order valence-electron chi connectivity index (χ4n) is 2.51. The molecule has 0 aliphatic heterocycles. The van der Waals surface area contributed by atoms with Gasteiger partial charge in [-0.15, -0.1) is 11.3 Å². The molecule has 6 heteroatoms. The molecule has 3 rings (SSSR count). The van der Waals surface area contributed by atoms with Crippen molar-refractivity contribution in [2.24, 2.45) is 5.92 Å². The van der Waals surface area contributed by atoms with Crippen LogP contribution in [0.4, 0.5) is 5.13 Å². The SMILES string of the molecule is O=C(Nc1nc(-c2ccc(Cl)c(Cl)c2)cs1)C1CCCC1. The van der Waals surface area contributed by atoms with E-state index in [9.17, 15) is 4.79 Å². The van der Waals surface area contributed by atoms with E-state index in [1.165, 1.54) is 11.3 Å². The first-order valence-electron chi connectivity index (χ1n) is 6.85. The largest absolute Gasteiger partial charge is 0.302 e. The minimum Gasteiger partial charge on any atom is -0.302 e. The zero-order valence-electron chi connectivity index (χ0n) is 11.2. The third-order valence-corrected chi connectivity index (χ3v) is 5.17. The average Bonchev–Trinajstić information content (AvgIpc) is 3.12. The summed E-state index contributed by atoms with van der Waals surface area (Å²) in [5, 5.41) is 6.47. The van der Waals surface area contributed by atoms with Gasteiger partial charge in [-0.3, -0.25) is 4.79 Å². The molecule has 1 N–H and O–H groups in total. The molecule has 1 aliphatic rings. The van der Waals surface area contributed by atoms with Crippen LogP contribution in [0.3, 0.4) is 0 Å². The van der Waals surface area contributed by atoms with Crippen molar-refractivity contribution < 1.29 is 4.79 Å². The molecule has 110 valence electrons. The molecule has 0 saturated heterocycles. The molecule has 1 aromatic carbocycles. The summed E-state index contributed by atoms with van der Waals surface area (Å²) in [6.07, 6.45) is 4.25.